The molecule has 0 bridgehead atoms. The Morgan fingerprint density at radius 1 is 1.33 bits per heavy atom. The molecule has 0 fully saturated rings. The van der Waals surface area contributed by atoms with Gasteiger partial charge in [-0.25, -0.2) is 10.8 Å². The number of nitrogens with zero attached hydrogens (tertiary/aromatic N) is 5. The van der Waals surface area contributed by atoms with Crippen LogP contribution in [0.2, 0.25) is 5.02 Å². The maximum absolute atomic E-state index is 5.87. The highest BCUT2D eigenvalue weighted by Gasteiger charge is 2.17. The summed E-state index contributed by atoms with van der Waals surface area (Å²) < 4.78 is 1.83. The normalized spacial score (nSPS) is 11.9. The lowest BCUT2D eigenvalue weighted by Gasteiger charge is -2.17. The van der Waals surface area contributed by atoms with Gasteiger partial charge in [-0.15, -0.1) is 5.10 Å². The Hall–Kier alpha value is -2.29. The van der Waals surface area contributed by atoms with Gasteiger partial charge < -0.3 is 5.84 Å². The minimum absolute atomic E-state index is 0.398. The number of halogens is 1. The number of hydrogen-bond donors (Lipinski definition) is 2. The van der Waals surface area contributed by atoms with E-state index in [0.29, 0.717) is 16.7 Å². The largest absolute Gasteiger partial charge is 0.320 e. The molecule has 0 amide bonds. The number of hydrazone groups is 1. The number of pyridine rings is 1. The van der Waals surface area contributed by atoms with Gasteiger partial charge in [0.2, 0.25) is 5.96 Å². The fourth-order valence-electron chi connectivity index (χ4n) is 2.23. The number of nitrogens with two attached hydrogens (primary N) is 2. The van der Waals surface area contributed by atoms with Crippen LogP contribution in [0.4, 0.5) is 0 Å². The minimum atomic E-state index is 0.398. The van der Waals surface area contributed by atoms with E-state index in [4.69, 9.17) is 23.3 Å². The van der Waals surface area contributed by atoms with Crippen LogP contribution in [0.15, 0.2) is 52.9 Å². The van der Waals surface area contributed by atoms with Gasteiger partial charge in [0.05, 0.1) is 21.7 Å². The van der Waals surface area contributed by atoms with Crippen LogP contribution in [0.25, 0.3) is 11.0 Å². The summed E-state index contributed by atoms with van der Waals surface area (Å²) in [6.07, 6.45) is 1.63. The minimum Gasteiger partial charge on any atom is -0.320 e. The fraction of sp³-hybridized carbons (Fsp3) is 0.133. The molecular formula is C15H16ClN7S. The number of thioether (sulfide) groups is 1. The van der Waals surface area contributed by atoms with E-state index in [-0.39, 0.29) is 0 Å². The Morgan fingerprint density at radius 3 is 2.79 bits per heavy atom. The second-order valence-corrected chi connectivity index (χ2v) is 6.39. The summed E-state index contributed by atoms with van der Waals surface area (Å²) in [4.78, 5) is 8.95. The number of fused-ring (bicyclic) bond motifs is 1. The second kappa shape index (κ2) is 7.08. The van der Waals surface area contributed by atoms with Crippen LogP contribution >= 0.6 is 23.4 Å². The van der Waals surface area contributed by atoms with Gasteiger partial charge in [-0.2, -0.15) is 0 Å². The maximum Gasteiger partial charge on any atom is 0.243 e. The van der Waals surface area contributed by atoms with Crippen LogP contribution in [0.3, 0.4) is 0 Å². The Balaban J connectivity index is 1.98. The number of hydrogen-bond acceptors (Lipinski definition) is 6. The number of aromatic nitrogens is 3. The predicted molar refractivity (Wildman–Crippen MR) is 97.5 cm³/mol. The van der Waals surface area contributed by atoms with Crippen molar-refractivity contribution in [3.63, 3.8) is 0 Å². The van der Waals surface area contributed by atoms with Gasteiger partial charge in [0.15, 0.2) is 5.16 Å². The zero-order valence-corrected chi connectivity index (χ0v) is 14.5. The molecule has 0 atom stereocenters. The molecule has 1 aromatic carbocycles. The van der Waals surface area contributed by atoms with E-state index in [1.807, 2.05) is 41.0 Å². The summed E-state index contributed by atoms with van der Waals surface area (Å²) in [5, 5.41) is 6.50. The molecule has 7 nitrogen and oxygen atoms in total. The smallest absolute Gasteiger partial charge is 0.243 e. The Labute approximate surface area is 148 Å². The molecule has 4 N–H and O–H groups in total. The molecule has 0 saturated carbocycles. The average molecular weight is 362 g/mol. The van der Waals surface area contributed by atoms with E-state index in [1.165, 1.54) is 16.8 Å². The first kappa shape index (κ1) is 16.6. The van der Waals surface area contributed by atoms with Crippen molar-refractivity contribution in [1.82, 2.24) is 19.5 Å². The van der Waals surface area contributed by atoms with Crippen LogP contribution in [0, 0.1) is 0 Å². The molecule has 0 spiro atoms. The predicted octanol–water partition coefficient (Wildman–Crippen LogP) is 2.26. The monoisotopic (exact) mass is 361 g/mol. The topological polar surface area (TPSA) is 98.3 Å². The Kier molecular flexibility index (Phi) is 4.89. The number of benzene rings is 1. The summed E-state index contributed by atoms with van der Waals surface area (Å²) >= 11 is 7.39. The van der Waals surface area contributed by atoms with Crippen molar-refractivity contribution >= 4 is 40.4 Å². The third-order valence-electron chi connectivity index (χ3n) is 3.30. The molecule has 3 rings (SSSR count). The van der Waals surface area contributed by atoms with Crippen molar-refractivity contribution in [2.45, 2.75) is 10.9 Å². The van der Waals surface area contributed by atoms with Crippen molar-refractivity contribution in [3.8, 4) is 0 Å². The molecule has 0 radical (unpaired) electrons. The van der Waals surface area contributed by atoms with Crippen molar-refractivity contribution < 1.29 is 0 Å². The van der Waals surface area contributed by atoms with Crippen molar-refractivity contribution in [3.05, 3.63) is 53.3 Å². The summed E-state index contributed by atoms with van der Waals surface area (Å²) in [5.41, 5.74) is 2.62. The third-order valence-corrected chi connectivity index (χ3v) is 4.49. The first-order chi connectivity index (χ1) is 11.6. The molecule has 124 valence electrons. The standard InChI is InChI=1S/C15H16ClN7S/c1-22(18)14(21-17)23-13-5-3-2-4-12(13)20-15(23)24-9-11-7-6-10(16)8-19-11/h2-8H,9,17-18H2,1H3/b21-14+. The summed E-state index contributed by atoms with van der Waals surface area (Å²) in [6, 6.07) is 11.4. The van der Waals surface area contributed by atoms with Crippen LogP contribution in [0.1, 0.15) is 5.69 Å². The Bertz CT molecular complexity index is 873. The highest BCUT2D eigenvalue weighted by molar-refractivity contribution is 7.98. The van der Waals surface area contributed by atoms with Gasteiger partial charge in [-0.3, -0.25) is 14.6 Å². The van der Waals surface area contributed by atoms with Gasteiger partial charge in [-0.1, -0.05) is 35.5 Å². The zero-order valence-electron chi connectivity index (χ0n) is 12.9. The van der Waals surface area contributed by atoms with E-state index < -0.39 is 0 Å². The lowest BCUT2D eigenvalue weighted by Crippen LogP contribution is -2.39. The SMILES string of the molecule is CN(N)/C(=N\N)n1c(SCc2ccc(Cl)cn2)nc2ccccc21. The molecule has 0 aliphatic carbocycles. The van der Waals surface area contributed by atoms with E-state index in [0.717, 1.165) is 21.9 Å². The average Bonchev–Trinajstić information content (AvgIpc) is 2.93. The highest BCUT2D eigenvalue weighted by Crippen LogP contribution is 2.26. The summed E-state index contributed by atoms with van der Waals surface area (Å²) in [5.74, 6) is 12.4. The number of hydrazine groups is 1. The van der Waals surface area contributed by atoms with Gasteiger partial charge in [0.25, 0.3) is 0 Å². The molecule has 2 heterocycles. The Morgan fingerprint density at radius 2 is 2.12 bits per heavy atom. The zero-order chi connectivity index (χ0) is 17.1. The number of para-hydroxylation sites is 2. The molecular weight excluding hydrogens is 346 g/mol. The lowest BCUT2D eigenvalue weighted by atomic mass is 10.3. The number of imidazole rings is 1. The van der Waals surface area contributed by atoms with E-state index >= 15 is 0 Å². The van der Waals surface area contributed by atoms with Crippen LogP contribution in [-0.4, -0.2) is 32.6 Å². The molecule has 0 unspecified atom stereocenters. The lowest BCUT2D eigenvalue weighted by molar-refractivity contribution is 0.511. The van der Waals surface area contributed by atoms with Crippen molar-refractivity contribution in [1.29, 1.82) is 0 Å². The first-order valence-electron chi connectivity index (χ1n) is 7.07. The van der Waals surface area contributed by atoms with Gasteiger partial charge in [0.1, 0.15) is 0 Å². The van der Waals surface area contributed by atoms with Crippen LogP contribution < -0.4 is 11.7 Å². The van der Waals surface area contributed by atoms with Gasteiger partial charge >= 0.3 is 0 Å². The molecule has 0 saturated heterocycles. The van der Waals surface area contributed by atoms with Gasteiger partial charge in [0, 0.05) is 19.0 Å². The molecule has 9 heteroatoms. The first-order valence-corrected chi connectivity index (χ1v) is 8.44. The summed E-state index contributed by atoms with van der Waals surface area (Å²) in [7, 11) is 1.68. The fourth-order valence-corrected chi connectivity index (χ4v) is 3.26. The molecule has 3 aromatic rings. The molecule has 0 aliphatic rings. The molecule has 0 aliphatic heterocycles. The quantitative estimate of drug-likeness (QED) is 0.244. The second-order valence-electron chi connectivity index (χ2n) is 5.01. The third kappa shape index (κ3) is 3.30. The molecule has 24 heavy (non-hydrogen) atoms. The number of rotatable bonds is 3. The van der Waals surface area contributed by atoms with E-state index in [9.17, 15) is 0 Å². The van der Waals surface area contributed by atoms with Crippen molar-refractivity contribution in [2.75, 3.05) is 7.05 Å². The maximum atomic E-state index is 5.87. The van der Waals surface area contributed by atoms with E-state index in [2.05, 4.69) is 15.1 Å². The van der Waals surface area contributed by atoms with Crippen LogP contribution in [0.5, 0.6) is 0 Å². The molecule has 2 aromatic heterocycles. The highest BCUT2D eigenvalue weighted by atomic mass is 35.5. The van der Waals surface area contributed by atoms with Crippen molar-refractivity contribution in [2.24, 2.45) is 16.8 Å². The summed E-state index contributed by atoms with van der Waals surface area (Å²) in [6.45, 7) is 0. The van der Waals surface area contributed by atoms with Crippen LogP contribution in [-0.2, 0) is 5.75 Å². The van der Waals surface area contributed by atoms with E-state index in [1.54, 1.807) is 13.2 Å². The van der Waals surface area contributed by atoms with Gasteiger partial charge in [-0.05, 0) is 24.3 Å².